The molecule has 0 saturated carbocycles. The summed E-state index contributed by atoms with van der Waals surface area (Å²) >= 11 is 3.56. The second-order valence-electron chi connectivity index (χ2n) is 20.5. The molecule has 2 fully saturated rings. The maximum absolute atomic E-state index is 13.4. The number of carbonyl (C=O) groups excluding carboxylic acids is 1. The van der Waals surface area contributed by atoms with E-state index in [4.69, 9.17) is 14.7 Å². The van der Waals surface area contributed by atoms with Crippen LogP contribution in [0.4, 0.5) is 42.3 Å². The molecular weight excluding hydrogens is 1000 g/mol. The fourth-order valence-corrected chi connectivity index (χ4v) is 9.45. The first-order chi connectivity index (χ1) is 35.4. The molecule has 2 aliphatic heterocycles. The molecule has 2 unspecified atom stereocenters. The van der Waals surface area contributed by atoms with Crippen LogP contribution < -0.4 is 20.9 Å². The zero-order valence-corrected chi connectivity index (χ0v) is 45.1. The Kier molecular flexibility index (Phi) is 16.9. The van der Waals surface area contributed by atoms with E-state index < -0.39 is 0 Å². The van der Waals surface area contributed by atoms with Gasteiger partial charge >= 0.3 is 6.09 Å². The second kappa shape index (κ2) is 23.4. The molecule has 388 valence electrons. The van der Waals surface area contributed by atoms with Crippen molar-refractivity contribution in [1.82, 2.24) is 50.1 Å². The maximum atomic E-state index is 13.4. The third-order valence-electron chi connectivity index (χ3n) is 12.8. The lowest BCUT2D eigenvalue weighted by Crippen LogP contribution is -2.49. The lowest BCUT2D eigenvalue weighted by Gasteiger charge is -2.35. The Labute approximate surface area is 439 Å². The first-order valence-electron chi connectivity index (χ1n) is 25.2. The van der Waals surface area contributed by atoms with E-state index in [0.29, 0.717) is 23.6 Å². The standard InChI is InChI=1S/C25H28FN7.C20H17BrFN5.C11H21NO2/c1-15(2)19-13-29-23(17-4-6-18(26)7-5-17)32-24(19)31-20-8-9-28-25-22(20)21(14-30-25)33-11-10-27-12-16(33)3;1-11(2)14-9-24-18(12-3-5-13(22)6-4-12)27-19(14)26-16-7-8-23-20-17(16)15(21)10-25-20;1-9-6-5-7-12(8-9)10(13)14-11(2,3)4/h4-9,13-16,27H,10-12H2,1-3H3,(H2,28,29,30,31,32);3-11H,1-2H3,(H2,23,24,25,26,27);9H,5-8H2,1-4H3. The SMILES string of the molecule is CC(C)c1cnc(-c2ccc(F)cc2)nc1Nc1ccnc2[nH]cc(Br)c12.CC(C)c1cnc(-c2ccc(F)cc2)nc1Nc1ccnc2[nH]cc(N3CCNCC3C)c12.CC1CCCN(C(=O)OC(C)(C)C)C1. The lowest BCUT2D eigenvalue weighted by atomic mass is 10.0. The first-order valence-corrected chi connectivity index (χ1v) is 26.0. The topological polar surface area (TPSA) is 178 Å². The first kappa shape index (κ1) is 53.2. The molecule has 0 aliphatic carbocycles. The van der Waals surface area contributed by atoms with Gasteiger partial charge in [0.05, 0.1) is 27.8 Å². The number of benzene rings is 2. The van der Waals surface area contributed by atoms with Crippen LogP contribution in [0.1, 0.15) is 98.1 Å². The molecule has 15 nitrogen and oxygen atoms in total. The number of halogens is 3. The molecule has 6 aromatic heterocycles. The highest BCUT2D eigenvalue weighted by molar-refractivity contribution is 9.10. The molecule has 10 rings (SSSR count). The number of aromatic nitrogens is 8. The van der Waals surface area contributed by atoms with E-state index in [2.05, 4.69) is 108 Å². The number of H-pyrrole nitrogens is 2. The lowest BCUT2D eigenvalue weighted by molar-refractivity contribution is 0.0174. The highest BCUT2D eigenvalue weighted by Gasteiger charge is 2.27. The van der Waals surface area contributed by atoms with Crippen molar-refractivity contribution >= 4 is 72.8 Å². The number of ether oxygens (including phenoxy) is 1. The summed E-state index contributed by atoms with van der Waals surface area (Å²) in [5.74, 6) is 3.07. The number of fused-ring (bicyclic) bond motifs is 2. The van der Waals surface area contributed by atoms with Gasteiger partial charge in [0.15, 0.2) is 11.6 Å². The fraction of sp³-hybridized carbons (Fsp3) is 0.375. The van der Waals surface area contributed by atoms with Crippen molar-refractivity contribution in [2.24, 2.45) is 5.92 Å². The molecule has 2 aromatic carbocycles. The van der Waals surface area contributed by atoms with Gasteiger partial charge in [-0.3, -0.25) is 0 Å². The van der Waals surface area contributed by atoms with Gasteiger partial charge in [-0.25, -0.2) is 43.5 Å². The summed E-state index contributed by atoms with van der Waals surface area (Å²) in [6.07, 6.45) is 13.3. The molecule has 74 heavy (non-hydrogen) atoms. The van der Waals surface area contributed by atoms with E-state index in [1.807, 2.05) is 62.6 Å². The van der Waals surface area contributed by atoms with Crippen molar-refractivity contribution in [3.05, 3.63) is 125 Å². The monoisotopic (exact) mass is 1070 g/mol. The van der Waals surface area contributed by atoms with Gasteiger partial charge in [0.2, 0.25) is 0 Å². The highest BCUT2D eigenvalue weighted by Crippen LogP contribution is 2.37. The number of piperazine rings is 1. The van der Waals surface area contributed by atoms with Crippen molar-refractivity contribution in [3.8, 4) is 22.8 Å². The Morgan fingerprint density at radius 2 is 1.27 bits per heavy atom. The smallest absolute Gasteiger partial charge is 0.410 e. The molecule has 0 spiro atoms. The Bertz CT molecular complexity index is 3170. The normalized spacial score (nSPS) is 15.9. The Morgan fingerprint density at radius 3 is 1.78 bits per heavy atom. The zero-order valence-electron chi connectivity index (χ0n) is 43.5. The van der Waals surface area contributed by atoms with Crippen LogP contribution in [0.5, 0.6) is 0 Å². The summed E-state index contributed by atoms with van der Waals surface area (Å²) in [6, 6.07) is 16.7. The van der Waals surface area contributed by atoms with E-state index in [1.165, 1.54) is 30.7 Å². The quantitative estimate of drug-likeness (QED) is 0.0926. The maximum Gasteiger partial charge on any atom is 0.410 e. The molecule has 0 radical (unpaired) electrons. The number of nitrogens with one attached hydrogen (secondary N) is 5. The van der Waals surface area contributed by atoms with Crippen LogP contribution in [0.3, 0.4) is 0 Å². The van der Waals surface area contributed by atoms with Crippen molar-refractivity contribution in [2.45, 2.75) is 98.6 Å². The predicted octanol–water partition coefficient (Wildman–Crippen LogP) is 13.3. The number of carbonyl (C=O) groups is 1. The van der Waals surface area contributed by atoms with Gasteiger partial charge in [-0.05, 0) is 135 Å². The Balaban J connectivity index is 0.000000160. The van der Waals surface area contributed by atoms with Crippen LogP contribution in [0.2, 0.25) is 0 Å². The summed E-state index contributed by atoms with van der Waals surface area (Å²) in [5.41, 5.74) is 7.74. The zero-order chi connectivity index (χ0) is 52.7. The van der Waals surface area contributed by atoms with Crippen LogP contribution in [0.15, 0.2) is 102 Å². The van der Waals surface area contributed by atoms with Crippen LogP contribution >= 0.6 is 15.9 Å². The highest BCUT2D eigenvalue weighted by atomic mass is 79.9. The van der Waals surface area contributed by atoms with Crippen LogP contribution in [-0.2, 0) is 4.74 Å². The minimum absolute atomic E-state index is 0.163. The fourth-order valence-electron chi connectivity index (χ4n) is 8.93. The molecule has 8 aromatic rings. The largest absolute Gasteiger partial charge is 0.444 e. The number of likely N-dealkylation sites (tertiary alicyclic amines) is 1. The van der Waals surface area contributed by atoms with Gasteiger partial charge in [-0.1, -0.05) is 34.6 Å². The van der Waals surface area contributed by atoms with Gasteiger partial charge in [0.25, 0.3) is 0 Å². The Morgan fingerprint density at radius 1 is 0.743 bits per heavy atom. The molecular formula is C56H66BrF2N13O2. The molecule has 2 saturated heterocycles. The van der Waals surface area contributed by atoms with E-state index in [0.717, 1.165) is 117 Å². The van der Waals surface area contributed by atoms with Gasteiger partial charge in [-0.2, -0.15) is 0 Å². The molecule has 2 atom stereocenters. The van der Waals surface area contributed by atoms with E-state index >= 15 is 0 Å². The average molecular weight is 1070 g/mol. The predicted molar refractivity (Wildman–Crippen MR) is 295 cm³/mol. The molecule has 2 aliphatic rings. The number of anilines is 5. The number of piperidine rings is 1. The average Bonchev–Trinajstić information content (AvgIpc) is 3.99. The van der Waals surface area contributed by atoms with Crippen molar-refractivity contribution in [3.63, 3.8) is 0 Å². The number of nitrogens with zero attached hydrogens (tertiary/aromatic N) is 8. The van der Waals surface area contributed by atoms with Crippen molar-refractivity contribution < 1.29 is 18.3 Å². The third-order valence-corrected chi connectivity index (χ3v) is 13.4. The molecule has 5 N–H and O–H groups in total. The number of amides is 1. The van der Waals surface area contributed by atoms with Gasteiger partial charge in [-0.15, -0.1) is 0 Å². The Hall–Kier alpha value is -7.05. The minimum atomic E-state index is -0.377. The van der Waals surface area contributed by atoms with Crippen LogP contribution in [-0.4, -0.2) is 95.2 Å². The van der Waals surface area contributed by atoms with E-state index in [-0.39, 0.29) is 35.2 Å². The molecule has 1 amide bonds. The molecule has 0 bridgehead atoms. The van der Waals surface area contributed by atoms with Gasteiger partial charge < -0.3 is 40.5 Å². The number of pyridine rings is 2. The minimum Gasteiger partial charge on any atom is -0.444 e. The summed E-state index contributed by atoms with van der Waals surface area (Å²) in [6.45, 7) is 23.0. The number of aromatic amines is 2. The molecule has 8 heterocycles. The summed E-state index contributed by atoms with van der Waals surface area (Å²) < 4.78 is 32.9. The number of rotatable bonds is 9. The number of hydrogen-bond acceptors (Lipinski definition) is 12. The van der Waals surface area contributed by atoms with E-state index in [9.17, 15) is 13.6 Å². The van der Waals surface area contributed by atoms with Crippen LogP contribution in [0, 0.1) is 17.6 Å². The summed E-state index contributed by atoms with van der Waals surface area (Å²) in [7, 11) is 0. The van der Waals surface area contributed by atoms with Crippen molar-refractivity contribution in [2.75, 3.05) is 48.3 Å². The summed E-state index contributed by atoms with van der Waals surface area (Å²) in [4.78, 5) is 49.8. The van der Waals surface area contributed by atoms with Gasteiger partial charge in [0, 0.05) is 103 Å². The van der Waals surface area contributed by atoms with E-state index in [1.54, 1.807) is 36.7 Å². The van der Waals surface area contributed by atoms with Crippen molar-refractivity contribution in [1.29, 1.82) is 0 Å². The van der Waals surface area contributed by atoms with Gasteiger partial charge in [0.1, 0.15) is 40.2 Å². The number of hydrogen-bond donors (Lipinski definition) is 5. The third kappa shape index (κ3) is 13.0. The second-order valence-corrected chi connectivity index (χ2v) is 21.3. The summed E-state index contributed by atoms with van der Waals surface area (Å²) in [5, 5.41) is 12.4. The molecule has 18 heteroatoms. The van der Waals surface area contributed by atoms with Crippen LogP contribution in [0.25, 0.3) is 44.8 Å².